The fourth-order valence-corrected chi connectivity index (χ4v) is 1.64. The van der Waals surface area contributed by atoms with E-state index in [4.69, 9.17) is 9.52 Å². The van der Waals surface area contributed by atoms with Gasteiger partial charge in [0.2, 0.25) is 5.91 Å². The normalized spacial score (nSPS) is 10.3. The van der Waals surface area contributed by atoms with Crippen LogP contribution in [-0.2, 0) is 9.59 Å². The van der Waals surface area contributed by atoms with Crippen LogP contribution < -0.4 is 5.32 Å². The second kappa shape index (κ2) is 7.32. The molecule has 20 heavy (non-hydrogen) atoms. The number of nitrogens with zero attached hydrogens (tertiary/aromatic N) is 1. The number of carbonyl (C=O) groups is 3. The van der Waals surface area contributed by atoms with E-state index >= 15 is 0 Å². The lowest BCUT2D eigenvalue weighted by Crippen LogP contribution is -2.44. The van der Waals surface area contributed by atoms with Crippen LogP contribution in [0.4, 0.5) is 0 Å². The van der Waals surface area contributed by atoms with Crippen LogP contribution in [0.5, 0.6) is 0 Å². The zero-order valence-corrected chi connectivity index (χ0v) is 11.5. The number of carboxylic acid groups (broad SMARTS) is 1. The lowest BCUT2D eigenvalue weighted by molar-refractivity contribution is -0.138. The van der Waals surface area contributed by atoms with Crippen molar-refractivity contribution < 1.29 is 23.9 Å². The van der Waals surface area contributed by atoms with Crippen molar-refractivity contribution in [2.24, 2.45) is 0 Å². The van der Waals surface area contributed by atoms with E-state index in [1.54, 1.807) is 19.9 Å². The van der Waals surface area contributed by atoms with Crippen molar-refractivity contribution in [3.8, 4) is 0 Å². The Morgan fingerprint density at radius 1 is 1.40 bits per heavy atom. The van der Waals surface area contributed by atoms with Gasteiger partial charge in [-0.15, -0.1) is 0 Å². The van der Waals surface area contributed by atoms with Crippen LogP contribution in [0.25, 0.3) is 0 Å². The number of aliphatic carboxylic acids is 1. The quantitative estimate of drug-likeness (QED) is 0.767. The Bertz CT molecular complexity index is 467. The van der Waals surface area contributed by atoms with E-state index in [1.807, 2.05) is 0 Å². The zero-order valence-electron chi connectivity index (χ0n) is 11.5. The van der Waals surface area contributed by atoms with Gasteiger partial charge in [-0.25, -0.2) is 0 Å². The summed E-state index contributed by atoms with van der Waals surface area (Å²) < 4.78 is 4.90. The SMILES string of the molecule is CC(C)N(CCC(=O)O)C(=O)CNC(=O)c1ccco1. The Kier molecular flexibility index (Phi) is 5.76. The molecule has 0 fully saturated rings. The molecule has 0 atom stereocenters. The summed E-state index contributed by atoms with van der Waals surface area (Å²) in [5.74, 6) is -1.66. The van der Waals surface area contributed by atoms with Crippen LogP contribution in [0.3, 0.4) is 0 Å². The van der Waals surface area contributed by atoms with Gasteiger partial charge in [0.1, 0.15) is 0 Å². The molecule has 1 heterocycles. The van der Waals surface area contributed by atoms with E-state index < -0.39 is 11.9 Å². The first kappa shape index (κ1) is 15.7. The molecule has 0 aliphatic carbocycles. The van der Waals surface area contributed by atoms with Crippen molar-refractivity contribution in [3.63, 3.8) is 0 Å². The van der Waals surface area contributed by atoms with Crippen molar-refractivity contribution >= 4 is 17.8 Å². The predicted octanol–water partition coefficient (Wildman–Crippen LogP) is 0.721. The van der Waals surface area contributed by atoms with Gasteiger partial charge in [-0.3, -0.25) is 14.4 Å². The summed E-state index contributed by atoms with van der Waals surface area (Å²) in [5, 5.41) is 11.1. The van der Waals surface area contributed by atoms with Gasteiger partial charge >= 0.3 is 5.97 Å². The van der Waals surface area contributed by atoms with Crippen molar-refractivity contribution in [1.82, 2.24) is 10.2 Å². The Balaban J connectivity index is 2.49. The highest BCUT2D eigenvalue weighted by Gasteiger charge is 2.19. The number of carboxylic acids is 1. The summed E-state index contributed by atoms with van der Waals surface area (Å²) in [5.41, 5.74) is 0. The molecule has 0 saturated carbocycles. The Morgan fingerprint density at radius 3 is 2.60 bits per heavy atom. The fourth-order valence-electron chi connectivity index (χ4n) is 1.64. The minimum atomic E-state index is -0.969. The smallest absolute Gasteiger partial charge is 0.305 e. The third kappa shape index (κ3) is 4.75. The van der Waals surface area contributed by atoms with Gasteiger partial charge in [0.25, 0.3) is 5.91 Å². The summed E-state index contributed by atoms with van der Waals surface area (Å²) in [7, 11) is 0. The van der Waals surface area contributed by atoms with Crippen LogP contribution in [0.2, 0.25) is 0 Å². The predicted molar refractivity (Wildman–Crippen MR) is 70.1 cm³/mol. The Hall–Kier alpha value is -2.31. The van der Waals surface area contributed by atoms with Crippen LogP contribution in [-0.4, -0.2) is 46.9 Å². The third-order valence-electron chi connectivity index (χ3n) is 2.66. The standard InChI is InChI=1S/C13H18N2O5/c1-9(2)15(6-5-12(17)18)11(16)8-14-13(19)10-4-3-7-20-10/h3-4,7,9H,5-6,8H2,1-2H3,(H,14,19)(H,17,18). The molecule has 0 saturated heterocycles. The van der Waals surface area contributed by atoms with E-state index in [9.17, 15) is 14.4 Å². The molecular weight excluding hydrogens is 264 g/mol. The molecule has 0 aliphatic rings. The van der Waals surface area contributed by atoms with E-state index in [0.717, 1.165) is 0 Å². The maximum atomic E-state index is 12.0. The number of carbonyl (C=O) groups excluding carboxylic acids is 2. The lowest BCUT2D eigenvalue weighted by atomic mass is 10.2. The molecule has 7 nitrogen and oxygen atoms in total. The fraction of sp³-hybridized carbons (Fsp3) is 0.462. The molecule has 1 aromatic heterocycles. The molecule has 0 radical (unpaired) electrons. The number of furan rings is 1. The minimum Gasteiger partial charge on any atom is -0.481 e. The highest BCUT2D eigenvalue weighted by atomic mass is 16.4. The monoisotopic (exact) mass is 282 g/mol. The summed E-state index contributed by atoms with van der Waals surface area (Å²) >= 11 is 0. The number of rotatable bonds is 7. The van der Waals surface area contributed by atoms with Gasteiger partial charge in [-0.05, 0) is 26.0 Å². The number of nitrogens with one attached hydrogen (secondary N) is 1. The molecule has 1 aromatic rings. The van der Waals surface area contributed by atoms with Crippen LogP contribution >= 0.6 is 0 Å². The number of amides is 2. The first-order valence-corrected chi connectivity index (χ1v) is 6.24. The topological polar surface area (TPSA) is 99.9 Å². The van der Waals surface area contributed by atoms with E-state index in [2.05, 4.69) is 5.32 Å². The summed E-state index contributed by atoms with van der Waals surface area (Å²) in [6.45, 7) is 3.49. The van der Waals surface area contributed by atoms with Crippen LogP contribution in [0.15, 0.2) is 22.8 Å². The van der Waals surface area contributed by atoms with Crippen molar-refractivity contribution in [2.75, 3.05) is 13.1 Å². The average Bonchev–Trinajstić information content (AvgIpc) is 2.89. The van der Waals surface area contributed by atoms with Crippen molar-refractivity contribution in [1.29, 1.82) is 0 Å². The molecular formula is C13H18N2O5. The molecule has 2 N–H and O–H groups in total. The summed E-state index contributed by atoms with van der Waals surface area (Å²) in [6, 6.07) is 2.93. The van der Waals surface area contributed by atoms with Gasteiger partial charge < -0.3 is 19.7 Å². The third-order valence-corrected chi connectivity index (χ3v) is 2.66. The molecule has 7 heteroatoms. The Morgan fingerprint density at radius 2 is 2.10 bits per heavy atom. The minimum absolute atomic E-state index is 0.114. The Labute approximate surface area is 116 Å². The summed E-state index contributed by atoms with van der Waals surface area (Å²) in [4.78, 5) is 35.5. The van der Waals surface area contributed by atoms with Crippen LogP contribution in [0, 0.1) is 0 Å². The highest BCUT2D eigenvalue weighted by Crippen LogP contribution is 2.02. The van der Waals surface area contributed by atoms with E-state index in [-0.39, 0.29) is 37.2 Å². The van der Waals surface area contributed by atoms with Crippen molar-refractivity contribution in [2.45, 2.75) is 26.3 Å². The molecule has 0 unspecified atom stereocenters. The summed E-state index contributed by atoms with van der Waals surface area (Å²) in [6.07, 6.45) is 1.24. The van der Waals surface area contributed by atoms with Crippen LogP contribution in [0.1, 0.15) is 30.8 Å². The van der Waals surface area contributed by atoms with Gasteiger partial charge in [0, 0.05) is 12.6 Å². The van der Waals surface area contributed by atoms with Gasteiger partial charge in [-0.2, -0.15) is 0 Å². The molecule has 1 rings (SSSR count). The van der Waals surface area contributed by atoms with Gasteiger partial charge in [0.05, 0.1) is 19.2 Å². The van der Waals surface area contributed by atoms with Gasteiger partial charge in [-0.1, -0.05) is 0 Å². The molecule has 0 aliphatic heterocycles. The molecule has 110 valence electrons. The second-order valence-corrected chi connectivity index (χ2v) is 4.48. The van der Waals surface area contributed by atoms with Gasteiger partial charge in [0.15, 0.2) is 5.76 Å². The van der Waals surface area contributed by atoms with Crippen molar-refractivity contribution in [3.05, 3.63) is 24.2 Å². The zero-order chi connectivity index (χ0) is 15.1. The second-order valence-electron chi connectivity index (χ2n) is 4.48. The highest BCUT2D eigenvalue weighted by molar-refractivity contribution is 5.94. The first-order valence-electron chi connectivity index (χ1n) is 6.24. The average molecular weight is 282 g/mol. The maximum absolute atomic E-state index is 12.0. The first-order chi connectivity index (χ1) is 9.41. The number of hydrogen-bond donors (Lipinski definition) is 2. The maximum Gasteiger partial charge on any atom is 0.305 e. The lowest BCUT2D eigenvalue weighted by Gasteiger charge is -2.26. The molecule has 0 bridgehead atoms. The largest absolute Gasteiger partial charge is 0.481 e. The number of hydrogen-bond acceptors (Lipinski definition) is 4. The molecule has 0 aromatic carbocycles. The molecule has 0 spiro atoms. The molecule has 2 amide bonds. The van der Waals surface area contributed by atoms with E-state index in [1.165, 1.54) is 17.2 Å². The van der Waals surface area contributed by atoms with E-state index in [0.29, 0.717) is 0 Å².